The van der Waals surface area contributed by atoms with Crippen LogP contribution in [0.25, 0.3) is 0 Å². The van der Waals surface area contributed by atoms with Crippen LogP contribution in [0.1, 0.15) is 34.1 Å². The van der Waals surface area contributed by atoms with Crippen LogP contribution in [0.2, 0.25) is 0 Å². The van der Waals surface area contributed by atoms with Crippen molar-refractivity contribution in [3.63, 3.8) is 0 Å². The molecule has 74 valence electrons. The SMILES string of the molecule is CC/C=C(/C=C\C=N/C)C(C)(C)C. The van der Waals surface area contributed by atoms with Gasteiger partial charge in [0.15, 0.2) is 0 Å². The number of aliphatic imine (C=N–C) groups is 1. The molecule has 0 unspecified atom stereocenters. The van der Waals surface area contributed by atoms with Crippen LogP contribution in [0.15, 0.2) is 28.8 Å². The summed E-state index contributed by atoms with van der Waals surface area (Å²) in [5, 5.41) is 0. The highest BCUT2D eigenvalue weighted by Gasteiger charge is 2.13. The Morgan fingerprint density at radius 2 is 1.92 bits per heavy atom. The molecule has 0 rings (SSSR count). The lowest BCUT2D eigenvalue weighted by Gasteiger charge is -2.20. The summed E-state index contributed by atoms with van der Waals surface area (Å²) in [6, 6.07) is 0. The molecular formula is C12H21N. The molecule has 0 radical (unpaired) electrons. The van der Waals surface area contributed by atoms with E-state index in [-0.39, 0.29) is 5.41 Å². The van der Waals surface area contributed by atoms with E-state index in [2.05, 4.69) is 44.8 Å². The van der Waals surface area contributed by atoms with E-state index in [0.717, 1.165) is 6.42 Å². The Kier molecular flexibility index (Phi) is 5.36. The Labute approximate surface area is 82.3 Å². The van der Waals surface area contributed by atoms with Gasteiger partial charge in [-0.25, -0.2) is 0 Å². The van der Waals surface area contributed by atoms with Crippen molar-refractivity contribution in [1.82, 2.24) is 0 Å². The van der Waals surface area contributed by atoms with Crippen molar-refractivity contribution >= 4 is 6.21 Å². The van der Waals surface area contributed by atoms with E-state index in [1.807, 2.05) is 12.3 Å². The van der Waals surface area contributed by atoms with Crippen molar-refractivity contribution < 1.29 is 0 Å². The topological polar surface area (TPSA) is 12.4 Å². The van der Waals surface area contributed by atoms with Crippen LogP contribution in [-0.2, 0) is 0 Å². The molecule has 0 saturated carbocycles. The minimum atomic E-state index is 0.230. The highest BCUT2D eigenvalue weighted by molar-refractivity contribution is 5.71. The number of hydrogen-bond acceptors (Lipinski definition) is 1. The van der Waals surface area contributed by atoms with Crippen molar-refractivity contribution in [2.45, 2.75) is 34.1 Å². The molecule has 13 heavy (non-hydrogen) atoms. The fourth-order valence-electron chi connectivity index (χ4n) is 1.08. The highest BCUT2D eigenvalue weighted by atomic mass is 14.6. The normalized spacial score (nSPS) is 14.7. The molecule has 0 N–H and O–H groups in total. The summed E-state index contributed by atoms with van der Waals surface area (Å²) >= 11 is 0. The molecule has 0 bridgehead atoms. The number of hydrogen-bond donors (Lipinski definition) is 0. The third kappa shape index (κ3) is 5.40. The van der Waals surface area contributed by atoms with Crippen LogP contribution in [0.5, 0.6) is 0 Å². The first-order valence-electron chi connectivity index (χ1n) is 4.81. The van der Waals surface area contributed by atoms with Gasteiger partial charge in [-0.3, -0.25) is 4.99 Å². The van der Waals surface area contributed by atoms with Gasteiger partial charge < -0.3 is 0 Å². The van der Waals surface area contributed by atoms with Gasteiger partial charge in [0.2, 0.25) is 0 Å². The maximum atomic E-state index is 3.91. The van der Waals surface area contributed by atoms with Crippen LogP contribution < -0.4 is 0 Å². The van der Waals surface area contributed by atoms with Crippen molar-refractivity contribution in [2.24, 2.45) is 10.4 Å². The zero-order valence-corrected chi connectivity index (χ0v) is 9.46. The number of allylic oxidation sites excluding steroid dienone is 4. The summed E-state index contributed by atoms with van der Waals surface area (Å²) < 4.78 is 0. The van der Waals surface area contributed by atoms with E-state index in [1.54, 1.807) is 7.05 Å². The zero-order chi connectivity index (χ0) is 10.3. The predicted octanol–water partition coefficient (Wildman–Crippen LogP) is 3.63. The van der Waals surface area contributed by atoms with Gasteiger partial charge in [0.25, 0.3) is 0 Å². The first kappa shape index (κ1) is 12.2. The summed E-state index contributed by atoms with van der Waals surface area (Å²) in [6.07, 6.45) is 9.29. The van der Waals surface area contributed by atoms with Gasteiger partial charge in [-0.15, -0.1) is 0 Å². The molecule has 0 atom stereocenters. The third-order valence-corrected chi connectivity index (χ3v) is 1.80. The molecular weight excluding hydrogens is 158 g/mol. The molecule has 0 saturated heterocycles. The fourth-order valence-corrected chi connectivity index (χ4v) is 1.08. The van der Waals surface area contributed by atoms with Gasteiger partial charge in [0, 0.05) is 13.3 Å². The fraction of sp³-hybridized carbons (Fsp3) is 0.583. The first-order valence-corrected chi connectivity index (χ1v) is 4.81. The highest BCUT2D eigenvalue weighted by Crippen LogP contribution is 2.26. The average molecular weight is 179 g/mol. The molecule has 0 amide bonds. The van der Waals surface area contributed by atoms with Crippen molar-refractivity contribution in [2.75, 3.05) is 7.05 Å². The number of nitrogens with zero attached hydrogens (tertiary/aromatic N) is 1. The van der Waals surface area contributed by atoms with Crippen molar-refractivity contribution in [3.8, 4) is 0 Å². The monoisotopic (exact) mass is 179 g/mol. The first-order chi connectivity index (χ1) is 6.02. The van der Waals surface area contributed by atoms with Gasteiger partial charge in [-0.05, 0) is 23.5 Å². The molecule has 0 aliphatic heterocycles. The van der Waals surface area contributed by atoms with Gasteiger partial charge >= 0.3 is 0 Å². The maximum absolute atomic E-state index is 3.91. The quantitative estimate of drug-likeness (QED) is 0.463. The lowest BCUT2D eigenvalue weighted by atomic mass is 9.85. The van der Waals surface area contributed by atoms with Crippen molar-refractivity contribution in [3.05, 3.63) is 23.8 Å². The Balaban J connectivity index is 4.55. The van der Waals surface area contributed by atoms with E-state index < -0.39 is 0 Å². The molecule has 0 fully saturated rings. The Hall–Kier alpha value is -0.850. The standard InChI is InChI=1S/C12H21N/c1-6-8-11(12(2,3)4)9-7-10-13-5/h7-10H,6H2,1-5H3/b9-7-,11-8-,13-10-. The predicted molar refractivity (Wildman–Crippen MR) is 61.4 cm³/mol. The summed E-state index contributed by atoms with van der Waals surface area (Å²) in [7, 11) is 1.78. The Morgan fingerprint density at radius 3 is 2.31 bits per heavy atom. The van der Waals surface area contributed by atoms with Crippen LogP contribution in [-0.4, -0.2) is 13.3 Å². The largest absolute Gasteiger partial charge is 0.297 e. The zero-order valence-electron chi connectivity index (χ0n) is 9.46. The molecule has 0 aromatic carbocycles. The summed E-state index contributed by atoms with van der Waals surface area (Å²) in [4.78, 5) is 3.91. The minimum Gasteiger partial charge on any atom is -0.297 e. The Morgan fingerprint density at radius 1 is 1.31 bits per heavy atom. The molecule has 0 aromatic rings. The van der Waals surface area contributed by atoms with Gasteiger partial charge in [-0.1, -0.05) is 39.8 Å². The van der Waals surface area contributed by atoms with Crippen LogP contribution in [0.3, 0.4) is 0 Å². The smallest absolute Gasteiger partial charge is 0.0277 e. The third-order valence-electron chi connectivity index (χ3n) is 1.80. The van der Waals surface area contributed by atoms with E-state index in [0.29, 0.717) is 0 Å². The molecule has 0 spiro atoms. The summed E-state index contributed by atoms with van der Waals surface area (Å²) in [6.45, 7) is 8.83. The second kappa shape index (κ2) is 5.74. The van der Waals surface area contributed by atoms with Crippen LogP contribution in [0.4, 0.5) is 0 Å². The van der Waals surface area contributed by atoms with Crippen LogP contribution >= 0.6 is 0 Å². The lowest BCUT2D eigenvalue weighted by Crippen LogP contribution is -2.07. The summed E-state index contributed by atoms with van der Waals surface area (Å²) in [5.74, 6) is 0. The van der Waals surface area contributed by atoms with E-state index >= 15 is 0 Å². The lowest BCUT2D eigenvalue weighted by molar-refractivity contribution is 0.515. The average Bonchev–Trinajstić information content (AvgIpc) is 2.01. The van der Waals surface area contributed by atoms with Gasteiger partial charge in [0.05, 0.1) is 0 Å². The molecule has 0 aromatic heterocycles. The maximum Gasteiger partial charge on any atom is 0.0277 e. The second-order valence-corrected chi connectivity index (χ2v) is 4.08. The second-order valence-electron chi connectivity index (χ2n) is 4.08. The molecule has 0 aliphatic carbocycles. The number of rotatable bonds is 3. The van der Waals surface area contributed by atoms with Crippen molar-refractivity contribution in [1.29, 1.82) is 0 Å². The molecule has 1 heteroatoms. The van der Waals surface area contributed by atoms with Gasteiger partial charge in [-0.2, -0.15) is 0 Å². The minimum absolute atomic E-state index is 0.230. The van der Waals surface area contributed by atoms with E-state index in [9.17, 15) is 0 Å². The summed E-state index contributed by atoms with van der Waals surface area (Å²) in [5.41, 5.74) is 1.60. The molecule has 0 aliphatic rings. The molecule has 0 heterocycles. The van der Waals surface area contributed by atoms with Crippen LogP contribution in [0, 0.1) is 5.41 Å². The molecule has 1 nitrogen and oxygen atoms in total. The van der Waals surface area contributed by atoms with Gasteiger partial charge in [0.1, 0.15) is 0 Å². The Bertz CT molecular complexity index is 214. The van der Waals surface area contributed by atoms with E-state index in [1.165, 1.54) is 5.57 Å². The van der Waals surface area contributed by atoms with E-state index in [4.69, 9.17) is 0 Å².